The zero-order valence-electron chi connectivity index (χ0n) is 9.07. The Morgan fingerprint density at radius 1 is 1.41 bits per heavy atom. The maximum Gasteiger partial charge on any atom is 0.382 e. The van der Waals surface area contributed by atoms with Crippen LogP contribution in [0.4, 0.5) is 8.78 Å². The fraction of sp³-hybridized carbons (Fsp3) is 0.250. The Bertz CT molecular complexity index is 548. The van der Waals surface area contributed by atoms with Gasteiger partial charge in [-0.1, -0.05) is 18.2 Å². The van der Waals surface area contributed by atoms with Crippen LogP contribution in [0, 0.1) is 0 Å². The Morgan fingerprint density at radius 3 is 2.82 bits per heavy atom. The maximum atomic E-state index is 13.8. The third-order valence-electron chi connectivity index (χ3n) is 2.35. The van der Waals surface area contributed by atoms with Crippen molar-refractivity contribution in [2.45, 2.75) is 12.8 Å². The van der Waals surface area contributed by atoms with Gasteiger partial charge in [-0.15, -0.1) is 11.3 Å². The number of rotatable bonds is 3. The Labute approximate surface area is 101 Å². The minimum atomic E-state index is -3.59. The molecule has 5 heteroatoms. The lowest BCUT2D eigenvalue weighted by atomic mass is 10.1. The SMILES string of the molecule is CCOC(=O)C(F)(F)c1csc2ccccc12. The Morgan fingerprint density at radius 2 is 2.12 bits per heavy atom. The van der Waals surface area contributed by atoms with Gasteiger partial charge < -0.3 is 4.74 Å². The Hall–Kier alpha value is -1.49. The third-order valence-corrected chi connectivity index (χ3v) is 3.31. The molecular formula is C12H10F2O2S. The van der Waals surface area contributed by atoms with Crippen LogP contribution in [0.3, 0.4) is 0 Å². The Kier molecular flexibility index (Phi) is 3.11. The van der Waals surface area contributed by atoms with Crippen molar-refractivity contribution >= 4 is 27.4 Å². The van der Waals surface area contributed by atoms with E-state index in [0.717, 1.165) is 4.70 Å². The van der Waals surface area contributed by atoms with Crippen LogP contribution in [0.2, 0.25) is 0 Å². The van der Waals surface area contributed by atoms with Gasteiger partial charge in [-0.05, 0) is 13.0 Å². The van der Waals surface area contributed by atoms with Gasteiger partial charge in [0.15, 0.2) is 0 Å². The zero-order valence-corrected chi connectivity index (χ0v) is 9.89. The maximum absolute atomic E-state index is 13.8. The predicted octanol–water partition coefficient (Wildman–Crippen LogP) is 3.56. The highest BCUT2D eigenvalue weighted by Crippen LogP contribution is 2.38. The number of carbonyl (C=O) groups excluding carboxylic acids is 1. The first-order chi connectivity index (χ1) is 8.07. The van der Waals surface area contributed by atoms with Gasteiger partial charge >= 0.3 is 11.9 Å². The van der Waals surface area contributed by atoms with Crippen molar-refractivity contribution in [1.82, 2.24) is 0 Å². The van der Waals surface area contributed by atoms with Crippen LogP contribution in [0.25, 0.3) is 10.1 Å². The van der Waals surface area contributed by atoms with E-state index in [1.54, 1.807) is 24.3 Å². The van der Waals surface area contributed by atoms with Gasteiger partial charge in [0.05, 0.1) is 12.2 Å². The van der Waals surface area contributed by atoms with Crippen LogP contribution in [0.5, 0.6) is 0 Å². The molecule has 0 radical (unpaired) electrons. The summed E-state index contributed by atoms with van der Waals surface area (Å²) in [4.78, 5) is 11.2. The molecule has 0 saturated heterocycles. The standard InChI is InChI=1S/C12H10F2O2S/c1-2-16-11(15)12(13,14)9-7-17-10-6-4-3-5-8(9)10/h3-7H,2H2,1H3. The molecule has 0 bridgehead atoms. The monoisotopic (exact) mass is 256 g/mol. The molecule has 0 amide bonds. The molecule has 1 aromatic heterocycles. The highest BCUT2D eigenvalue weighted by atomic mass is 32.1. The van der Waals surface area contributed by atoms with Crippen molar-refractivity contribution < 1.29 is 18.3 Å². The van der Waals surface area contributed by atoms with Crippen LogP contribution < -0.4 is 0 Å². The van der Waals surface area contributed by atoms with Crippen molar-refractivity contribution in [3.05, 3.63) is 35.2 Å². The summed E-state index contributed by atoms with van der Waals surface area (Å²) >= 11 is 1.19. The summed E-state index contributed by atoms with van der Waals surface area (Å²) in [6.07, 6.45) is 0. The molecule has 2 aromatic rings. The number of benzene rings is 1. The normalized spacial score (nSPS) is 11.7. The van der Waals surface area contributed by atoms with Crippen LogP contribution in [0.15, 0.2) is 29.6 Å². The molecule has 2 nitrogen and oxygen atoms in total. The number of fused-ring (bicyclic) bond motifs is 1. The van der Waals surface area contributed by atoms with E-state index in [-0.39, 0.29) is 12.2 Å². The number of carbonyl (C=O) groups is 1. The topological polar surface area (TPSA) is 26.3 Å². The first-order valence-corrected chi connectivity index (χ1v) is 5.97. The number of thiophene rings is 1. The summed E-state index contributed by atoms with van der Waals surface area (Å²) in [5, 5.41) is 1.71. The summed E-state index contributed by atoms with van der Waals surface area (Å²) in [5.41, 5.74) is -0.281. The fourth-order valence-electron chi connectivity index (χ4n) is 1.55. The number of hydrogen-bond donors (Lipinski definition) is 0. The van der Waals surface area contributed by atoms with Crippen LogP contribution in [-0.4, -0.2) is 12.6 Å². The number of halogens is 2. The van der Waals surface area contributed by atoms with Gasteiger partial charge in [0.1, 0.15) is 0 Å². The summed E-state index contributed by atoms with van der Waals surface area (Å²) in [6.45, 7) is 1.44. The van der Waals surface area contributed by atoms with E-state index in [1.165, 1.54) is 23.6 Å². The molecule has 0 fully saturated rings. The van der Waals surface area contributed by atoms with Crippen LogP contribution in [0.1, 0.15) is 12.5 Å². The average Bonchev–Trinajstić information content (AvgIpc) is 2.73. The minimum Gasteiger partial charge on any atom is -0.461 e. The van der Waals surface area contributed by atoms with E-state index >= 15 is 0 Å². The molecule has 0 aliphatic carbocycles. The van der Waals surface area contributed by atoms with E-state index in [2.05, 4.69) is 4.74 Å². The molecule has 0 aliphatic rings. The van der Waals surface area contributed by atoms with Gasteiger partial charge in [-0.2, -0.15) is 8.78 Å². The molecule has 0 N–H and O–H groups in total. The van der Waals surface area contributed by atoms with Crippen molar-refractivity contribution in [3.8, 4) is 0 Å². The molecule has 0 saturated carbocycles. The molecule has 0 aliphatic heterocycles. The van der Waals surface area contributed by atoms with E-state index in [9.17, 15) is 13.6 Å². The van der Waals surface area contributed by atoms with Crippen molar-refractivity contribution in [3.63, 3.8) is 0 Å². The average molecular weight is 256 g/mol. The van der Waals surface area contributed by atoms with Crippen molar-refractivity contribution in [2.75, 3.05) is 6.61 Å². The molecule has 1 heterocycles. The first-order valence-electron chi connectivity index (χ1n) is 5.09. The number of alkyl halides is 2. The largest absolute Gasteiger partial charge is 0.461 e. The summed E-state index contributed by atoms with van der Waals surface area (Å²) in [7, 11) is 0. The fourth-order valence-corrected chi connectivity index (χ4v) is 2.53. The second-order valence-corrected chi connectivity index (χ2v) is 4.35. The summed E-state index contributed by atoms with van der Waals surface area (Å²) < 4.78 is 32.8. The highest BCUT2D eigenvalue weighted by molar-refractivity contribution is 7.17. The van der Waals surface area contributed by atoms with Gasteiger partial charge in [0, 0.05) is 15.5 Å². The second-order valence-electron chi connectivity index (χ2n) is 3.44. The third kappa shape index (κ3) is 2.02. The van der Waals surface area contributed by atoms with Crippen molar-refractivity contribution in [1.29, 1.82) is 0 Å². The van der Waals surface area contributed by atoms with Crippen LogP contribution in [-0.2, 0) is 15.5 Å². The lowest BCUT2D eigenvalue weighted by Gasteiger charge is -2.13. The van der Waals surface area contributed by atoms with Gasteiger partial charge in [0.2, 0.25) is 0 Å². The van der Waals surface area contributed by atoms with Gasteiger partial charge in [-0.25, -0.2) is 4.79 Å². The van der Waals surface area contributed by atoms with E-state index in [4.69, 9.17) is 0 Å². The smallest absolute Gasteiger partial charge is 0.382 e. The quantitative estimate of drug-likeness (QED) is 0.785. The molecule has 0 unspecified atom stereocenters. The first kappa shape index (κ1) is 12.0. The molecule has 90 valence electrons. The molecular weight excluding hydrogens is 246 g/mol. The van der Waals surface area contributed by atoms with Crippen LogP contribution >= 0.6 is 11.3 Å². The molecule has 2 rings (SSSR count). The second kappa shape index (κ2) is 4.41. The minimum absolute atomic E-state index is 0.0590. The van der Waals surface area contributed by atoms with E-state index in [1.807, 2.05) is 0 Å². The number of hydrogen-bond acceptors (Lipinski definition) is 3. The number of esters is 1. The van der Waals surface area contributed by atoms with E-state index < -0.39 is 11.9 Å². The molecule has 17 heavy (non-hydrogen) atoms. The highest BCUT2D eigenvalue weighted by Gasteiger charge is 2.44. The molecule has 0 spiro atoms. The van der Waals surface area contributed by atoms with Gasteiger partial charge in [0.25, 0.3) is 0 Å². The lowest BCUT2D eigenvalue weighted by Crippen LogP contribution is -2.27. The lowest BCUT2D eigenvalue weighted by molar-refractivity contribution is -0.172. The molecule has 1 aromatic carbocycles. The van der Waals surface area contributed by atoms with E-state index in [0.29, 0.717) is 5.39 Å². The summed E-state index contributed by atoms with van der Waals surface area (Å²) in [5.74, 6) is -5.08. The summed E-state index contributed by atoms with van der Waals surface area (Å²) in [6, 6.07) is 6.75. The predicted molar refractivity (Wildman–Crippen MR) is 62.4 cm³/mol. The Balaban J connectivity index is 2.48. The number of ether oxygens (including phenoxy) is 1. The van der Waals surface area contributed by atoms with Gasteiger partial charge in [-0.3, -0.25) is 0 Å². The molecule has 0 atom stereocenters. The van der Waals surface area contributed by atoms with Crippen molar-refractivity contribution in [2.24, 2.45) is 0 Å². The zero-order chi connectivity index (χ0) is 12.5.